The van der Waals surface area contributed by atoms with E-state index < -0.39 is 0 Å². The zero-order valence-corrected chi connectivity index (χ0v) is 11.9. The first kappa shape index (κ1) is 13.4. The van der Waals surface area contributed by atoms with Crippen LogP contribution in [0, 0.1) is 11.8 Å². The molecule has 2 heteroatoms. The van der Waals surface area contributed by atoms with Crippen LogP contribution in [0.1, 0.15) is 52.9 Å². The van der Waals surface area contributed by atoms with E-state index in [1.165, 1.54) is 51.7 Å². The van der Waals surface area contributed by atoms with Crippen molar-refractivity contribution in [2.24, 2.45) is 11.8 Å². The molecule has 1 saturated carbocycles. The summed E-state index contributed by atoms with van der Waals surface area (Å²) < 4.78 is 0. The van der Waals surface area contributed by atoms with E-state index in [9.17, 15) is 0 Å². The third-order valence-corrected chi connectivity index (χ3v) is 4.67. The average molecular weight is 238 g/mol. The van der Waals surface area contributed by atoms with Gasteiger partial charge in [-0.1, -0.05) is 20.8 Å². The molecule has 1 aliphatic heterocycles. The van der Waals surface area contributed by atoms with Crippen molar-refractivity contribution in [1.29, 1.82) is 0 Å². The molecule has 1 aliphatic carbocycles. The molecule has 2 aliphatic rings. The average Bonchev–Trinajstić information content (AvgIpc) is 2.52. The molecule has 0 aromatic carbocycles. The van der Waals surface area contributed by atoms with Crippen molar-refractivity contribution in [2.45, 2.75) is 65.0 Å². The summed E-state index contributed by atoms with van der Waals surface area (Å²) in [7, 11) is 0. The highest BCUT2D eigenvalue weighted by molar-refractivity contribution is 4.85. The molecule has 17 heavy (non-hydrogen) atoms. The molecule has 3 atom stereocenters. The Morgan fingerprint density at radius 1 is 1.12 bits per heavy atom. The first-order valence-corrected chi connectivity index (χ1v) is 7.66. The van der Waals surface area contributed by atoms with Crippen LogP contribution in [0.2, 0.25) is 0 Å². The van der Waals surface area contributed by atoms with Crippen molar-refractivity contribution in [3.8, 4) is 0 Å². The molecule has 1 N–H and O–H groups in total. The minimum atomic E-state index is 0.727. The molecular formula is C15H30N2. The second-order valence-electron chi connectivity index (χ2n) is 6.48. The van der Waals surface area contributed by atoms with Crippen LogP contribution in [-0.4, -0.2) is 36.6 Å². The van der Waals surface area contributed by atoms with Gasteiger partial charge in [0.2, 0.25) is 0 Å². The fraction of sp³-hybridized carbons (Fsp3) is 1.00. The summed E-state index contributed by atoms with van der Waals surface area (Å²) in [6.45, 7) is 11.0. The fourth-order valence-corrected chi connectivity index (χ4v) is 3.83. The van der Waals surface area contributed by atoms with Crippen LogP contribution in [0.5, 0.6) is 0 Å². The van der Waals surface area contributed by atoms with Crippen LogP contribution < -0.4 is 5.32 Å². The van der Waals surface area contributed by atoms with Gasteiger partial charge in [-0.05, 0) is 57.0 Å². The summed E-state index contributed by atoms with van der Waals surface area (Å²) in [5.74, 6) is 1.86. The maximum absolute atomic E-state index is 3.68. The number of hydrogen-bond donors (Lipinski definition) is 1. The Hall–Kier alpha value is -0.0800. The lowest BCUT2D eigenvalue weighted by atomic mass is 9.79. The molecule has 1 heterocycles. The highest BCUT2D eigenvalue weighted by Gasteiger charge is 2.29. The minimum Gasteiger partial charge on any atom is -0.313 e. The molecule has 0 radical (unpaired) electrons. The summed E-state index contributed by atoms with van der Waals surface area (Å²) in [5, 5.41) is 3.68. The van der Waals surface area contributed by atoms with Crippen LogP contribution in [0.25, 0.3) is 0 Å². The third-order valence-electron chi connectivity index (χ3n) is 4.67. The summed E-state index contributed by atoms with van der Waals surface area (Å²) in [5.41, 5.74) is 0. The van der Waals surface area contributed by atoms with Gasteiger partial charge in [0.1, 0.15) is 0 Å². The smallest absolute Gasteiger partial charge is 0.0192 e. The molecule has 1 saturated heterocycles. The molecular weight excluding hydrogens is 208 g/mol. The lowest BCUT2D eigenvalue weighted by Gasteiger charge is -2.39. The SMILES string of the molecule is CCC1CN(C2CC(C)CC(C)C2)CCCN1. The number of hydrogen-bond acceptors (Lipinski definition) is 2. The van der Waals surface area contributed by atoms with Crippen molar-refractivity contribution in [2.75, 3.05) is 19.6 Å². The normalized spacial score (nSPS) is 41.1. The van der Waals surface area contributed by atoms with Crippen molar-refractivity contribution >= 4 is 0 Å². The monoisotopic (exact) mass is 238 g/mol. The molecule has 2 rings (SSSR count). The van der Waals surface area contributed by atoms with Gasteiger partial charge in [-0.3, -0.25) is 4.90 Å². The van der Waals surface area contributed by atoms with Gasteiger partial charge in [0.05, 0.1) is 0 Å². The topological polar surface area (TPSA) is 15.3 Å². The highest BCUT2D eigenvalue weighted by Crippen LogP contribution is 2.32. The second-order valence-corrected chi connectivity index (χ2v) is 6.48. The van der Waals surface area contributed by atoms with E-state index in [0.717, 1.165) is 23.9 Å². The standard InChI is InChI=1S/C15H30N2/c1-4-14-11-17(7-5-6-16-14)15-9-12(2)8-13(3)10-15/h12-16H,4-11H2,1-3H3. The predicted molar refractivity (Wildman–Crippen MR) is 74.2 cm³/mol. The molecule has 100 valence electrons. The van der Waals surface area contributed by atoms with Crippen LogP contribution in [0.4, 0.5) is 0 Å². The van der Waals surface area contributed by atoms with Gasteiger partial charge in [-0.15, -0.1) is 0 Å². The van der Waals surface area contributed by atoms with Gasteiger partial charge in [0.25, 0.3) is 0 Å². The van der Waals surface area contributed by atoms with Gasteiger partial charge < -0.3 is 5.32 Å². The van der Waals surface area contributed by atoms with E-state index in [-0.39, 0.29) is 0 Å². The van der Waals surface area contributed by atoms with Crippen LogP contribution in [0.3, 0.4) is 0 Å². The largest absolute Gasteiger partial charge is 0.313 e. The Morgan fingerprint density at radius 2 is 1.82 bits per heavy atom. The summed E-state index contributed by atoms with van der Waals surface area (Å²) in [6, 6.07) is 1.59. The number of nitrogens with one attached hydrogen (secondary N) is 1. The van der Waals surface area contributed by atoms with Crippen LogP contribution in [0.15, 0.2) is 0 Å². The van der Waals surface area contributed by atoms with Crippen LogP contribution >= 0.6 is 0 Å². The van der Waals surface area contributed by atoms with Crippen molar-refractivity contribution < 1.29 is 0 Å². The zero-order valence-electron chi connectivity index (χ0n) is 11.9. The maximum atomic E-state index is 3.68. The molecule has 0 spiro atoms. The van der Waals surface area contributed by atoms with E-state index in [0.29, 0.717) is 0 Å². The Morgan fingerprint density at radius 3 is 2.47 bits per heavy atom. The first-order valence-electron chi connectivity index (χ1n) is 7.66. The van der Waals surface area contributed by atoms with E-state index in [1.807, 2.05) is 0 Å². The van der Waals surface area contributed by atoms with E-state index in [1.54, 1.807) is 0 Å². The molecule has 2 fully saturated rings. The first-order chi connectivity index (χ1) is 8.19. The third kappa shape index (κ3) is 3.69. The van der Waals surface area contributed by atoms with Gasteiger partial charge in [0.15, 0.2) is 0 Å². The van der Waals surface area contributed by atoms with E-state index in [4.69, 9.17) is 0 Å². The summed E-state index contributed by atoms with van der Waals surface area (Å²) in [4.78, 5) is 2.79. The van der Waals surface area contributed by atoms with Crippen molar-refractivity contribution in [1.82, 2.24) is 10.2 Å². The van der Waals surface area contributed by atoms with Gasteiger partial charge in [-0.25, -0.2) is 0 Å². The van der Waals surface area contributed by atoms with E-state index in [2.05, 4.69) is 31.0 Å². The second kappa shape index (κ2) is 6.19. The fourth-order valence-electron chi connectivity index (χ4n) is 3.83. The zero-order chi connectivity index (χ0) is 12.3. The highest BCUT2D eigenvalue weighted by atomic mass is 15.2. The molecule has 0 aromatic rings. The van der Waals surface area contributed by atoms with E-state index >= 15 is 0 Å². The summed E-state index contributed by atoms with van der Waals surface area (Å²) >= 11 is 0. The number of rotatable bonds is 2. The summed E-state index contributed by atoms with van der Waals surface area (Å²) in [6.07, 6.45) is 6.91. The molecule has 0 bridgehead atoms. The Labute approximate surface area is 107 Å². The van der Waals surface area contributed by atoms with Gasteiger partial charge >= 0.3 is 0 Å². The predicted octanol–water partition coefficient (Wildman–Crippen LogP) is 2.89. The Bertz CT molecular complexity index is 219. The Kier molecular flexibility index (Phi) is 4.87. The van der Waals surface area contributed by atoms with Crippen molar-refractivity contribution in [3.05, 3.63) is 0 Å². The Balaban J connectivity index is 1.94. The quantitative estimate of drug-likeness (QED) is 0.796. The van der Waals surface area contributed by atoms with Crippen molar-refractivity contribution in [3.63, 3.8) is 0 Å². The molecule has 0 amide bonds. The van der Waals surface area contributed by atoms with Crippen LogP contribution in [-0.2, 0) is 0 Å². The molecule has 0 aromatic heterocycles. The lowest BCUT2D eigenvalue weighted by molar-refractivity contribution is 0.107. The minimum absolute atomic E-state index is 0.727. The van der Waals surface area contributed by atoms with Gasteiger partial charge in [0, 0.05) is 18.6 Å². The lowest BCUT2D eigenvalue weighted by Crippen LogP contribution is -2.45. The molecule has 3 unspecified atom stereocenters. The maximum Gasteiger partial charge on any atom is 0.0192 e. The molecule has 2 nitrogen and oxygen atoms in total. The number of nitrogens with zero attached hydrogens (tertiary/aromatic N) is 1. The van der Waals surface area contributed by atoms with Gasteiger partial charge in [-0.2, -0.15) is 0 Å².